The lowest BCUT2D eigenvalue weighted by Gasteiger charge is -2.06. The van der Waals surface area contributed by atoms with Crippen LogP contribution < -0.4 is 0 Å². The van der Waals surface area contributed by atoms with E-state index < -0.39 is 16.0 Å². The van der Waals surface area contributed by atoms with Gasteiger partial charge in [0, 0.05) is 4.90 Å². The lowest BCUT2D eigenvalue weighted by molar-refractivity contribution is 0.676. The monoisotopic (exact) mass is 207 g/mol. The first-order valence-corrected chi connectivity index (χ1v) is 5.77. The van der Waals surface area contributed by atoms with E-state index >= 15 is 0 Å². The Morgan fingerprint density at radius 2 is 2.29 bits per heavy atom. The van der Waals surface area contributed by atoms with Gasteiger partial charge in [-0.15, -0.1) is 0 Å². The predicted molar refractivity (Wildman–Crippen MR) is 57.3 cm³/mol. The number of nitriles is 1. The summed E-state index contributed by atoms with van der Waals surface area (Å²) in [6.07, 6.45) is 0.622. The van der Waals surface area contributed by atoms with E-state index in [0.29, 0.717) is 6.42 Å². The number of hydrogen-bond donors (Lipinski definition) is 0. The maximum atomic E-state index is 11.8. The van der Waals surface area contributed by atoms with Gasteiger partial charge in [-0.05, 0) is 31.0 Å². The van der Waals surface area contributed by atoms with Crippen LogP contribution in [-0.2, 0) is 10.8 Å². The molecule has 0 bridgehead atoms. The molecule has 74 valence electrons. The van der Waals surface area contributed by atoms with Crippen molar-refractivity contribution in [2.24, 2.45) is 0 Å². The van der Waals surface area contributed by atoms with E-state index in [9.17, 15) is 4.21 Å². The molecule has 0 spiro atoms. The van der Waals surface area contributed by atoms with Crippen molar-refractivity contribution >= 4 is 10.8 Å². The van der Waals surface area contributed by atoms with Crippen molar-refractivity contribution in [3.8, 4) is 6.07 Å². The second-order valence-corrected chi connectivity index (χ2v) is 4.78. The lowest BCUT2D eigenvalue weighted by atomic mass is 10.2. The number of benzene rings is 1. The Labute approximate surface area is 87.0 Å². The number of nitrogens with zero attached hydrogens (tertiary/aromatic N) is 1. The number of rotatable bonds is 3. The summed E-state index contributed by atoms with van der Waals surface area (Å²) < 4.78 is 11.8. The third kappa shape index (κ3) is 2.43. The maximum Gasteiger partial charge on any atom is 0.126 e. The fourth-order valence-electron chi connectivity index (χ4n) is 1.20. The first-order valence-electron chi connectivity index (χ1n) is 4.56. The SMILES string of the molecule is CCC(C#N)S(=O)c1cccc(C)c1. The predicted octanol–water partition coefficient (Wildman–Crippen LogP) is 2.40. The van der Waals surface area contributed by atoms with Crippen LogP contribution in [0, 0.1) is 18.3 Å². The molecule has 0 aliphatic rings. The Morgan fingerprint density at radius 3 is 2.79 bits per heavy atom. The molecule has 0 saturated carbocycles. The summed E-state index contributed by atoms with van der Waals surface area (Å²) in [6.45, 7) is 3.83. The Kier molecular flexibility index (Phi) is 3.84. The summed E-state index contributed by atoms with van der Waals surface area (Å²) in [4.78, 5) is 0.749. The van der Waals surface area contributed by atoms with Crippen LogP contribution in [0.3, 0.4) is 0 Å². The van der Waals surface area contributed by atoms with Crippen molar-refractivity contribution in [3.05, 3.63) is 29.8 Å². The fourth-order valence-corrected chi connectivity index (χ4v) is 2.44. The fraction of sp³-hybridized carbons (Fsp3) is 0.364. The summed E-state index contributed by atoms with van der Waals surface area (Å²) in [5.41, 5.74) is 1.07. The van der Waals surface area contributed by atoms with Crippen LogP contribution in [0.2, 0.25) is 0 Å². The van der Waals surface area contributed by atoms with Crippen molar-refractivity contribution in [1.29, 1.82) is 5.26 Å². The molecule has 0 saturated heterocycles. The van der Waals surface area contributed by atoms with E-state index in [0.717, 1.165) is 10.5 Å². The zero-order chi connectivity index (χ0) is 10.6. The molecule has 2 nitrogen and oxygen atoms in total. The van der Waals surface area contributed by atoms with E-state index in [2.05, 4.69) is 6.07 Å². The number of aryl methyl sites for hydroxylation is 1. The minimum absolute atomic E-state index is 0.392. The summed E-state index contributed by atoms with van der Waals surface area (Å²) >= 11 is 0. The molecule has 0 radical (unpaired) electrons. The summed E-state index contributed by atoms with van der Waals surface area (Å²) in [6, 6.07) is 9.57. The highest BCUT2D eigenvalue weighted by molar-refractivity contribution is 7.86. The normalized spacial score (nSPS) is 14.4. The van der Waals surface area contributed by atoms with Crippen molar-refractivity contribution in [2.75, 3.05) is 0 Å². The van der Waals surface area contributed by atoms with Crippen LogP contribution in [0.1, 0.15) is 18.9 Å². The Balaban J connectivity index is 2.95. The van der Waals surface area contributed by atoms with Gasteiger partial charge in [-0.25, -0.2) is 0 Å². The Bertz CT molecular complexity index is 381. The van der Waals surface area contributed by atoms with Crippen LogP contribution >= 0.6 is 0 Å². The van der Waals surface area contributed by atoms with Crippen LogP contribution in [0.4, 0.5) is 0 Å². The molecule has 0 aromatic heterocycles. The third-order valence-corrected chi connectivity index (χ3v) is 3.67. The molecule has 0 amide bonds. The zero-order valence-electron chi connectivity index (χ0n) is 8.36. The third-order valence-electron chi connectivity index (χ3n) is 2.00. The van der Waals surface area contributed by atoms with E-state index in [-0.39, 0.29) is 0 Å². The van der Waals surface area contributed by atoms with Gasteiger partial charge in [0.25, 0.3) is 0 Å². The molecule has 1 aromatic rings. The lowest BCUT2D eigenvalue weighted by Crippen LogP contribution is -2.11. The van der Waals surface area contributed by atoms with Gasteiger partial charge >= 0.3 is 0 Å². The zero-order valence-corrected chi connectivity index (χ0v) is 9.17. The van der Waals surface area contributed by atoms with Crippen LogP contribution in [0.25, 0.3) is 0 Å². The van der Waals surface area contributed by atoms with Crippen LogP contribution in [0.5, 0.6) is 0 Å². The van der Waals surface area contributed by atoms with Crippen molar-refractivity contribution < 1.29 is 4.21 Å². The van der Waals surface area contributed by atoms with Gasteiger partial charge in [0.1, 0.15) is 5.25 Å². The topological polar surface area (TPSA) is 40.9 Å². The first-order chi connectivity index (χ1) is 6.69. The van der Waals surface area contributed by atoms with Gasteiger partial charge in [0.05, 0.1) is 16.9 Å². The average Bonchev–Trinajstić information content (AvgIpc) is 2.19. The molecule has 0 aliphatic carbocycles. The van der Waals surface area contributed by atoms with Crippen LogP contribution in [-0.4, -0.2) is 9.46 Å². The summed E-state index contributed by atoms with van der Waals surface area (Å²) in [5.74, 6) is 0. The smallest absolute Gasteiger partial charge is 0.126 e. The van der Waals surface area contributed by atoms with E-state index in [1.54, 1.807) is 0 Å². The number of hydrogen-bond acceptors (Lipinski definition) is 2. The van der Waals surface area contributed by atoms with E-state index in [1.165, 1.54) is 0 Å². The first kappa shape index (κ1) is 10.9. The van der Waals surface area contributed by atoms with Gasteiger partial charge in [-0.3, -0.25) is 4.21 Å². The molecule has 14 heavy (non-hydrogen) atoms. The van der Waals surface area contributed by atoms with Gasteiger partial charge in [-0.1, -0.05) is 19.1 Å². The van der Waals surface area contributed by atoms with Gasteiger partial charge in [0.2, 0.25) is 0 Å². The van der Waals surface area contributed by atoms with Crippen molar-refractivity contribution in [2.45, 2.75) is 30.4 Å². The maximum absolute atomic E-state index is 11.8. The molecule has 2 unspecified atom stereocenters. The molecular formula is C11H13NOS. The second kappa shape index (κ2) is 4.92. The Hall–Kier alpha value is -1.14. The second-order valence-electron chi connectivity index (χ2n) is 3.14. The summed E-state index contributed by atoms with van der Waals surface area (Å²) in [7, 11) is -1.19. The average molecular weight is 207 g/mol. The van der Waals surface area contributed by atoms with E-state index in [4.69, 9.17) is 5.26 Å². The highest BCUT2D eigenvalue weighted by atomic mass is 32.2. The minimum Gasteiger partial charge on any atom is -0.253 e. The molecule has 0 N–H and O–H groups in total. The molecular weight excluding hydrogens is 194 g/mol. The summed E-state index contributed by atoms with van der Waals surface area (Å²) in [5, 5.41) is 8.39. The van der Waals surface area contributed by atoms with E-state index in [1.807, 2.05) is 38.1 Å². The quantitative estimate of drug-likeness (QED) is 0.763. The molecule has 1 aromatic carbocycles. The van der Waals surface area contributed by atoms with Gasteiger partial charge in [0.15, 0.2) is 0 Å². The molecule has 1 rings (SSSR count). The molecule has 2 atom stereocenters. The van der Waals surface area contributed by atoms with Gasteiger partial charge in [-0.2, -0.15) is 5.26 Å². The molecule has 0 heterocycles. The Morgan fingerprint density at radius 1 is 1.57 bits per heavy atom. The van der Waals surface area contributed by atoms with Crippen LogP contribution in [0.15, 0.2) is 29.2 Å². The molecule has 0 fully saturated rings. The highest BCUT2D eigenvalue weighted by Crippen LogP contribution is 2.14. The van der Waals surface area contributed by atoms with Crippen molar-refractivity contribution in [3.63, 3.8) is 0 Å². The van der Waals surface area contributed by atoms with Gasteiger partial charge < -0.3 is 0 Å². The molecule has 3 heteroatoms. The van der Waals surface area contributed by atoms with Crippen molar-refractivity contribution in [1.82, 2.24) is 0 Å². The standard InChI is InChI=1S/C11H13NOS/c1-3-10(8-12)14(13)11-6-4-5-9(2)7-11/h4-7,10H,3H2,1-2H3. The minimum atomic E-state index is -1.19. The largest absolute Gasteiger partial charge is 0.253 e. The molecule has 0 aliphatic heterocycles. The highest BCUT2D eigenvalue weighted by Gasteiger charge is 2.15.